The van der Waals surface area contributed by atoms with E-state index in [1.54, 1.807) is 0 Å². The van der Waals surface area contributed by atoms with E-state index in [4.69, 9.17) is 0 Å². The molecule has 0 N–H and O–H groups in total. The van der Waals surface area contributed by atoms with E-state index >= 15 is 0 Å². The summed E-state index contributed by atoms with van der Waals surface area (Å²) in [4.78, 5) is 0. The Morgan fingerprint density at radius 2 is 1.46 bits per heavy atom. The van der Waals surface area contributed by atoms with Gasteiger partial charge in [-0.1, -0.05) is 44.2 Å². The van der Waals surface area contributed by atoms with Crippen LogP contribution in [-0.4, -0.2) is 10.5 Å². The van der Waals surface area contributed by atoms with Gasteiger partial charge in [0.2, 0.25) is 0 Å². The highest BCUT2D eigenvalue weighted by atomic mass is 32.2. The second-order valence-corrected chi connectivity index (χ2v) is 6.70. The lowest BCUT2D eigenvalue weighted by molar-refractivity contribution is 0.941. The molecular formula is C11H14S2. The first kappa shape index (κ1) is 9.47. The lowest BCUT2D eigenvalue weighted by Gasteiger charge is -2.07. The van der Waals surface area contributed by atoms with Crippen LogP contribution in [0, 0.1) is 0 Å². The van der Waals surface area contributed by atoms with E-state index in [0.717, 1.165) is 10.5 Å². The fourth-order valence-corrected chi connectivity index (χ4v) is 4.95. The Morgan fingerprint density at radius 3 is 2.00 bits per heavy atom. The first-order chi connectivity index (χ1) is 6.27. The maximum absolute atomic E-state index is 2.32. The highest BCUT2D eigenvalue weighted by Gasteiger charge is 2.30. The zero-order valence-corrected chi connectivity index (χ0v) is 9.57. The lowest BCUT2D eigenvalue weighted by Crippen LogP contribution is -2.04. The second kappa shape index (κ2) is 3.97. The highest BCUT2D eigenvalue weighted by molar-refractivity contribution is 8.20. The van der Waals surface area contributed by atoms with Crippen molar-refractivity contribution in [2.45, 2.75) is 28.9 Å². The van der Waals surface area contributed by atoms with Gasteiger partial charge in [-0.3, -0.25) is 0 Å². The predicted octanol–water partition coefficient (Wildman–Crippen LogP) is 3.94. The molecule has 2 heteroatoms. The molecule has 1 heterocycles. The molecule has 1 aromatic rings. The average Bonchev–Trinajstić information content (AvgIpc) is 2.49. The molecule has 2 atom stereocenters. The van der Waals surface area contributed by atoms with Gasteiger partial charge in [0.25, 0.3) is 0 Å². The van der Waals surface area contributed by atoms with Crippen LogP contribution in [0.1, 0.15) is 24.0 Å². The van der Waals surface area contributed by atoms with Gasteiger partial charge in [0.05, 0.1) is 4.58 Å². The van der Waals surface area contributed by atoms with Crippen molar-refractivity contribution in [1.82, 2.24) is 0 Å². The molecule has 1 aliphatic heterocycles. The number of thioether (sulfide) groups is 2. The van der Waals surface area contributed by atoms with Crippen molar-refractivity contribution in [2.75, 3.05) is 0 Å². The molecule has 0 nitrogen and oxygen atoms in total. The van der Waals surface area contributed by atoms with Crippen molar-refractivity contribution < 1.29 is 0 Å². The number of rotatable bonds is 1. The maximum Gasteiger partial charge on any atom is 0.0757 e. The largest absolute Gasteiger partial charge is 0.138 e. The summed E-state index contributed by atoms with van der Waals surface area (Å²) in [6.45, 7) is 4.65. The topological polar surface area (TPSA) is 0 Å². The molecule has 1 aliphatic rings. The Balaban J connectivity index is 2.12. The van der Waals surface area contributed by atoms with Gasteiger partial charge in [0, 0.05) is 10.5 Å². The molecule has 0 spiro atoms. The van der Waals surface area contributed by atoms with Gasteiger partial charge in [-0.05, 0) is 5.56 Å². The fourth-order valence-electron chi connectivity index (χ4n) is 1.41. The molecule has 0 aromatic heterocycles. The van der Waals surface area contributed by atoms with E-state index < -0.39 is 0 Å². The molecule has 0 bridgehead atoms. The molecule has 1 aromatic carbocycles. The van der Waals surface area contributed by atoms with Gasteiger partial charge in [-0.15, -0.1) is 23.5 Å². The van der Waals surface area contributed by atoms with Crippen molar-refractivity contribution in [3.63, 3.8) is 0 Å². The third-order valence-electron chi connectivity index (χ3n) is 2.41. The molecule has 0 saturated carbocycles. The van der Waals surface area contributed by atoms with Gasteiger partial charge in [-0.25, -0.2) is 0 Å². The van der Waals surface area contributed by atoms with Crippen molar-refractivity contribution in [3.8, 4) is 0 Å². The molecule has 1 fully saturated rings. The Labute approximate surface area is 88.5 Å². The quantitative estimate of drug-likeness (QED) is 0.688. The molecule has 2 unspecified atom stereocenters. The summed E-state index contributed by atoms with van der Waals surface area (Å²) in [7, 11) is 0. The van der Waals surface area contributed by atoms with Crippen LogP contribution < -0.4 is 0 Å². The van der Waals surface area contributed by atoms with E-state index in [1.165, 1.54) is 5.56 Å². The first-order valence-electron chi connectivity index (χ1n) is 4.63. The van der Waals surface area contributed by atoms with Crippen LogP contribution in [0.15, 0.2) is 30.3 Å². The summed E-state index contributed by atoms with van der Waals surface area (Å²) in [5.74, 6) is 0. The minimum absolute atomic E-state index is 0.659. The van der Waals surface area contributed by atoms with Crippen LogP contribution in [0.3, 0.4) is 0 Å². The Morgan fingerprint density at radius 1 is 0.923 bits per heavy atom. The first-order valence-corrected chi connectivity index (χ1v) is 6.52. The van der Waals surface area contributed by atoms with Gasteiger partial charge in [-0.2, -0.15) is 0 Å². The van der Waals surface area contributed by atoms with E-state index in [9.17, 15) is 0 Å². The summed E-state index contributed by atoms with van der Waals surface area (Å²) in [6, 6.07) is 10.8. The molecule has 0 aliphatic carbocycles. The SMILES string of the molecule is CC1SC(c2ccccc2)SC1C. The number of benzene rings is 1. The third-order valence-corrected chi connectivity index (χ3v) is 5.96. The molecule has 13 heavy (non-hydrogen) atoms. The van der Waals surface area contributed by atoms with Crippen molar-refractivity contribution in [2.24, 2.45) is 0 Å². The Hall–Kier alpha value is -0.0800. The molecular weight excluding hydrogens is 196 g/mol. The molecule has 0 amide bonds. The summed E-state index contributed by atoms with van der Waals surface area (Å²) < 4.78 is 0.659. The molecule has 0 radical (unpaired) electrons. The molecule has 2 rings (SSSR count). The van der Waals surface area contributed by atoms with Crippen LogP contribution in [-0.2, 0) is 0 Å². The third kappa shape index (κ3) is 2.05. The van der Waals surface area contributed by atoms with Gasteiger partial charge in [0.15, 0.2) is 0 Å². The predicted molar refractivity (Wildman–Crippen MR) is 63.3 cm³/mol. The van der Waals surface area contributed by atoms with Crippen LogP contribution in [0.4, 0.5) is 0 Å². The van der Waals surface area contributed by atoms with Gasteiger partial charge >= 0.3 is 0 Å². The zero-order valence-electron chi connectivity index (χ0n) is 7.94. The number of hydrogen-bond donors (Lipinski definition) is 0. The Kier molecular flexibility index (Phi) is 2.89. The smallest absolute Gasteiger partial charge is 0.0757 e. The van der Waals surface area contributed by atoms with Crippen molar-refractivity contribution >= 4 is 23.5 Å². The van der Waals surface area contributed by atoms with E-state index in [-0.39, 0.29) is 0 Å². The van der Waals surface area contributed by atoms with Crippen LogP contribution >= 0.6 is 23.5 Å². The minimum Gasteiger partial charge on any atom is -0.138 e. The summed E-state index contributed by atoms with van der Waals surface area (Å²) in [5.41, 5.74) is 1.47. The van der Waals surface area contributed by atoms with E-state index in [1.807, 2.05) is 0 Å². The number of hydrogen-bond acceptors (Lipinski definition) is 2. The highest BCUT2D eigenvalue weighted by Crippen LogP contribution is 2.52. The van der Waals surface area contributed by atoms with Crippen LogP contribution in [0.5, 0.6) is 0 Å². The standard InChI is InChI=1S/C11H14S2/c1-8-9(2)13-11(12-8)10-6-4-3-5-7-10/h3-9,11H,1-2H3. The molecule has 70 valence electrons. The van der Waals surface area contributed by atoms with Gasteiger partial charge < -0.3 is 0 Å². The van der Waals surface area contributed by atoms with Gasteiger partial charge in [0.1, 0.15) is 0 Å². The summed E-state index contributed by atoms with van der Waals surface area (Å²) in [6.07, 6.45) is 0. The van der Waals surface area contributed by atoms with E-state index in [0.29, 0.717) is 4.58 Å². The zero-order chi connectivity index (χ0) is 9.26. The second-order valence-electron chi connectivity index (χ2n) is 3.43. The lowest BCUT2D eigenvalue weighted by atomic mass is 10.2. The maximum atomic E-state index is 2.32. The van der Waals surface area contributed by atoms with Crippen molar-refractivity contribution in [1.29, 1.82) is 0 Å². The summed E-state index contributed by atoms with van der Waals surface area (Å²) >= 11 is 4.18. The monoisotopic (exact) mass is 210 g/mol. The minimum atomic E-state index is 0.659. The van der Waals surface area contributed by atoms with Crippen LogP contribution in [0.2, 0.25) is 0 Å². The fraction of sp³-hybridized carbons (Fsp3) is 0.455. The normalized spacial score (nSPS) is 33.5. The summed E-state index contributed by atoms with van der Waals surface area (Å²) in [5, 5.41) is 1.57. The Bertz CT molecular complexity index is 261. The van der Waals surface area contributed by atoms with E-state index in [2.05, 4.69) is 67.7 Å². The molecule has 1 saturated heterocycles. The van der Waals surface area contributed by atoms with Crippen molar-refractivity contribution in [3.05, 3.63) is 35.9 Å². The van der Waals surface area contributed by atoms with Crippen LogP contribution in [0.25, 0.3) is 0 Å². The average molecular weight is 210 g/mol.